The molecule has 1 unspecified atom stereocenters. The van der Waals surface area contributed by atoms with Crippen molar-refractivity contribution in [3.63, 3.8) is 0 Å². The van der Waals surface area contributed by atoms with Gasteiger partial charge in [-0.25, -0.2) is 0 Å². The van der Waals surface area contributed by atoms with Crippen LogP contribution in [0.5, 0.6) is 0 Å². The van der Waals surface area contributed by atoms with E-state index in [4.69, 9.17) is 4.74 Å². The number of allylic oxidation sites excluding steroid dienone is 3. The molecule has 1 atom stereocenters. The standard InChI is InChI=1S/C20H24N2O2/c23-20(18-8-11-24-14-18)21-13-15-4-5-16-6-9-22(19-2-1-3-19)10-7-17(16)12-15/h1-5,12,18H,6-11,13-14H2,(H,21,23). The van der Waals surface area contributed by atoms with Gasteiger partial charge in [0.1, 0.15) is 0 Å². The van der Waals surface area contributed by atoms with Crippen LogP contribution in [0.3, 0.4) is 0 Å². The molecule has 0 aromatic heterocycles. The zero-order valence-corrected chi connectivity index (χ0v) is 14.0. The van der Waals surface area contributed by atoms with Gasteiger partial charge in [-0.1, -0.05) is 24.3 Å². The number of nitrogens with one attached hydrogen (secondary N) is 1. The second-order valence-electron chi connectivity index (χ2n) is 6.82. The minimum atomic E-state index is 0.0307. The van der Waals surface area contributed by atoms with Gasteiger partial charge in [-0.3, -0.25) is 4.79 Å². The lowest BCUT2D eigenvalue weighted by Crippen LogP contribution is -2.30. The summed E-state index contributed by atoms with van der Waals surface area (Å²) in [7, 11) is 0. The molecule has 1 aromatic rings. The summed E-state index contributed by atoms with van der Waals surface area (Å²) in [6.07, 6.45) is 9.47. The van der Waals surface area contributed by atoms with Gasteiger partial charge in [-0.2, -0.15) is 0 Å². The van der Waals surface area contributed by atoms with E-state index >= 15 is 0 Å². The quantitative estimate of drug-likeness (QED) is 0.923. The first kappa shape index (κ1) is 15.5. The van der Waals surface area contributed by atoms with Gasteiger partial charge in [0, 0.05) is 31.9 Å². The van der Waals surface area contributed by atoms with Crippen LogP contribution < -0.4 is 5.32 Å². The maximum atomic E-state index is 12.1. The summed E-state index contributed by atoms with van der Waals surface area (Å²) in [5.41, 5.74) is 5.42. The lowest BCUT2D eigenvalue weighted by Gasteiger charge is -2.26. The molecule has 24 heavy (non-hydrogen) atoms. The number of rotatable bonds is 4. The number of hydrogen-bond acceptors (Lipinski definition) is 3. The van der Waals surface area contributed by atoms with Crippen molar-refractivity contribution in [1.82, 2.24) is 10.2 Å². The van der Waals surface area contributed by atoms with Gasteiger partial charge in [0.15, 0.2) is 0 Å². The Morgan fingerprint density at radius 3 is 2.79 bits per heavy atom. The number of carbonyl (C=O) groups is 1. The van der Waals surface area contributed by atoms with E-state index in [-0.39, 0.29) is 11.8 Å². The van der Waals surface area contributed by atoms with Crippen LogP contribution in [0.4, 0.5) is 0 Å². The molecule has 2 heterocycles. The number of nitrogens with zero attached hydrogens (tertiary/aromatic N) is 1. The third-order valence-corrected chi connectivity index (χ3v) is 5.24. The van der Waals surface area contributed by atoms with Gasteiger partial charge in [0.2, 0.25) is 5.91 Å². The second-order valence-corrected chi connectivity index (χ2v) is 6.82. The normalized spacial score (nSPS) is 22.4. The Hall–Kier alpha value is -2.07. The van der Waals surface area contributed by atoms with Crippen LogP contribution in [0.1, 0.15) is 23.1 Å². The molecule has 1 aliphatic carbocycles. The summed E-state index contributed by atoms with van der Waals surface area (Å²) in [5.74, 6) is 0.153. The molecule has 1 fully saturated rings. The van der Waals surface area contributed by atoms with Gasteiger partial charge in [-0.05, 0) is 48.1 Å². The van der Waals surface area contributed by atoms with Crippen LogP contribution in [0, 0.1) is 5.92 Å². The third kappa shape index (κ3) is 3.24. The molecular weight excluding hydrogens is 300 g/mol. The van der Waals surface area contributed by atoms with E-state index in [0.29, 0.717) is 19.8 Å². The summed E-state index contributed by atoms with van der Waals surface area (Å²) < 4.78 is 5.29. The molecule has 126 valence electrons. The minimum Gasteiger partial charge on any atom is -0.381 e. The monoisotopic (exact) mass is 324 g/mol. The molecular formula is C20H24N2O2. The molecule has 2 aliphatic heterocycles. The van der Waals surface area contributed by atoms with Gasteiger partial charge < -0.3 is 15.0 Å². The first-order valence-electron chi connectivity index (χ1n) is 8.89. The van der Waals surface area contributed by atoms with Crippen molar-refractivity contribution >= 4 is 5.91 Å². The van der Waals surface area contributed by atoms with Gasteiger partial charge in [0.05, 0.1) is 12.5 Å². The Bertz CT molecular complexity index is 687. The summed E-state index contributed by atoms with van der Waals surface area (Å²) in [6, 6.07) is 6.67. The molecule has 1 aromatic carbocycles. The summed E-state index contributed by atoms with van der Waals surface area (Å²) in [4.78, 5) is 14.6. The van der Waals surface area contributed by atoms with Crippen molar-refractivity contribution in [3.05, 3.63) is 58.8 Å². The van der Waals surface area contributed by atoms with Gasteiger partial charge >= 0.3 is 0 Å². The van der Waals surface area contributed by atoms with E-state index in [2.05, 4.69) is 46.6 Å². The molecule has 4 heteroatoms. The Kier molecular flexibility index (Phi) is 4.39. The summed E-state index contributed by atoms with van der Waals surface area (Å²) in [6.45, 7) is 4.04. The zero-order valence-electron chi connectivity index (χ0n) is 14.0. The summed E-state index contributed by atoms with van der Waals surface area (Å²) >= 11 is 0. The van der Waals surface area contributed by atoms with Crippen molar-refractivity contribution in [2.45, 2.75) is 25.8 Å². The molecule has 3 aliphatic rings. The number of hydrogen-bond donors (Lipinski definition) is 1. The molecule has 0 saturated carbocycles. The lowest BCUT2D eigenvalue weighted by molar-refractivity contribution is -0.125. The van der Waals surface area contributed by atoms with E-state index in [0.717, 1.165) is 32.4 Å². The van der Waals surface area contributed by atoms with Crippen LogP contribution in [0.25, 0.3) is 0 Å². The first-order valence-corrected chi connectivity index (χ1v) is 8.89. The smallest absolute Gasteiger partial charge is 0.225 e. The molecule has 4 nitrogen and oxygen atoms in total. The molecule has 4 rings (SSSR count). The molecule has 0 bridgehead atoms. The number of carbonyl (C=O) groups excluding carboxylic acids is 1. The highest BCUT2D eigenvalue weighted by molar-refractivity contribution is 5.79. The van der Waals surface area contributed by atoms with Crippen molar-refractivity contribution in [2.24, 2.45) is 5.92 Å². The predicted molar refractivity (Wildman–Crippen MR) is 93.4 cm³/mol. The zero-order chi connectivity index (χ0) is 16.4. The average Bonchev–Trinajstić information content (AvgIpc) is 3.01. The molecule has 1 amide bonds. The van der Waals surface area contributed by atoms with Crippen molar-refractivity contribution < 1.29 is 9.53 Å². The SMILES string of the molecule is O=C(NCc1ccc2c(c1)CCN(C1=CC=C1)CC2)C1CCOC1. The predicted octanol–water partition coefficient (Wildman–Crippen LogP) is 2.19. The largest absolute Gasteiger partial charge is 0.381 e. The Morgan fingerprint density at radius 2 is 2.08 bits per heavy atom. The van der Waals surface area contributed by atoms with Crippen molar-refractivity contribution in [3.8, 4) is 0 Å². The van der Waals surface area contributed by atoms with Gasteiger partial charge in [0.25, 0.3) is 0 Å². The summed E-state index contributed by atoms with van der Waals surface area (Å²) in [5, 5.41) is 3.06. The Morgan fingerprint density at radius 1 is 1.25 bits per heavy atom. The number of amides is 1. The lowest BCUT2D eigenvalue weighted by atomic mass is 10.00. The van der Waals surface area contributed by atoms with Crippen LogP contribution in [0.2, 0.25) is 0 Å². The maximum Gasteiger partial charge on any atom is 0.225 e. The number of benzene rings is 1. The first-order chi connectivity index (χ1) is 11.8. The number of ether oxygens (including phenoxy) is 1. The van der Waals surface area contributed by atoms with Crippen LogP contribution >= 0.6 is 0 Å². The van der Waals surface area contributed by atoms with Crippen molar-refractivity contribution in [2.75, 3.05) is 26.3 Å². The minimum absolute atomic E-state index is 0.0307. The Balaban J connectivity index is 1.37. The van der Waals surface area contributed by atoms with Crippen LogP contribution in [0.15, 0.2) is 42.1 Å². The average molecular weight is 324 g/mol. The van der Waals surface area contributed by atoms with E-state index in [1.807, 2.05) is 0 Å². The highest BCUT2D eigenvalue weighted by Crippen LogP contribution is 2.22. The van der Waals surface area contributed by atoms with Gasteiger partial charge in [-0.15, -0.1) is 0 Å². The fourth-order valence-electron chi connectivity index (χ4n) is 3.61. The maximum absolute atomic E-state index is 12.1. The van der Waals surface area contributed by atoms with E-state index < -0.39 is 0 Å². The molecule has 1 N–H and O–H groups in total. The highest BCUT2D eigenvalue weighted by atomic mass is 16.5. The molecule has 1 saturated heterocycles. The van der Waals surface area contributed by atoms with E-state index in [1.54, 1.807) is 0 Å². The van der Waals surface area contributed by atoms with Crippen LogP contribution in [-0.4, -0.2) is 37.1 Å². The Labute approximate surface area is 143 Å². The third-order valence-electron chi connectivity index (χ3n) is 5.24. The van der Waals surface area contributed by atoms with Crippen molar-refractivity contribution in [1.29, 1.82) is 0 Å². The second kappa shape index (κ2) is 6.81. The highest BCUT2D eigenvalue weighted by Gasteiger charge is 2.23. The van der Waals surface area contributed by atoms with E-state index in [1.165, 1.54) is 22.4 Å². The number of fused-ring (bicyclic) bond motifs is 1. The van der Waals surface area contributed by atoms with E-state index in [9.17, 15) is 4.79 Å². The fourth-order valence-corrected chi connectivity index (χ4v) is 3.61. The topological polar surface area (TPSA) is 41.6 Å². The fraction of sp³-hybridized carbons (Fsp3) is 0.450. The van der Waals surface area contributed by atoms with Crippen LogP contribution in [-0.2, 0) is 28.9 Å². The molecule has 0 spiro atoms. The molecule has 0 radical (unpaired) electrons.